The maximum atomic E-state index is 12.8. The summed E-state index contributed by atoms with van der Waals surface area (Å²) < 4.78 is 5.03. The van der Waals surface area contributed by atoms with Crippen LogP contribution in [0.15, 0.2) is 26.0 Å². The van der Waals surface area contributed by atoms with Gasteiger partial charge in [-0.05, 0) is 43.9 Å². The molecule has 0 aliphatic rings. The van der Waals surface area contributed by atoms with Crippen LogP contribution in [0.2, 0.25) is 0 Å². The normalized spacial score (nSPS) is 11.4. The average Bonchev–Trinajstić information content (AvgIpc) is 2.79. The van der Waals surface area contributed by atoms with Crippen LogP contribution in [0.5, 0.6) is 0 Å². The molecule has 0 aliphatic carbocycles. The van der Waals surface area contributed by atoms with Crippen molar-refractivity contribution in [2.75, 3.05) is 20.6 Å². The Labute approximate surface area is 143 Å². The molecule has 0 spiro atoms. The highest BCUT2D eigenvalue weighted by Crippen LogP contribution is 2.16. The number of hydrogen-bond acceptors (Lipinski definition) is 4. The van der Waals surface area contributed by atoms with E-state index in [0.29, 0.717) is 35.5 Å². The third-order valence-electron chi connectivity index (χ3n) is 3.64. The van der Waals surface area contributed by atoms with Gasteiger partial charge in [0.2, 0.25) is 0 Å². The Hall–Kier alpha value is -1.67. The molecule has 0 amide bonds. The summed E-state index contributed by atoms with van der Waals surface area (Å²) in [7, 11) is 5.45. The van der Waals surface area contributed by atoms with E-state index in [2.05, 4.69) is 20.9 Å². The monoisotopic (exact) mass is 383 g/mol. The average molecular weight is 384 g/mol. The highest BCUT2D eigenvalue weighted by atomic mass is 79.9. The molecule has 0 saturated carbocycles. The number of fused-ring (bicyclic) bond motifs is 1. The molecule has 0 bridgehead atoms. The van der Waals surface area contributed by atoms with Gasteiger partial charge in [0.25, 0.3) is 5.56 Å². The van der Waals surface area contributed by atoms with Gasteiger partial charge in [0.05, 0.1) is 0 Å². The third kappa shape index (κ3) is 3.48. The summed E-state index contributed by atoms with van der Waals surface area (Å²) in [5.41, 5.74) is 1.34. The minimum atomic E-state index is -0.344. The fourth-order valence-electron chi connectivity index (χ4n) is 2.28. The zero-order valence-corrected chi connectivity index (χ0v) is 15.7. The Balaban J connectivity index is 2.71. The standard InChI is InChI=1S/C15H22BrN5O2/c1-10(2)6-7-20-11-12(17-14(20)16)19(5)15(23)21(13(11)22)9-8-18(3)4/h6H,7-9H2,1-5H3. The van der Waals surface area contributed by atoms with Crippen LogP contribution in [-0.2, 0) is 20.1 Å². The highest BCUT2D eigenvalue weighted by Gasteiger charge is 2.18. The Morgan fingerprint density at radius 2 is 1.91 bits per heavy atom. The summed E-state index contributed by atoms with van der Waals surface area (Å²) in [5, 5.41) is 0. The molecule has 0 fully saturated rings. The fourth-order valence-corrected chi connectivity index (χ4v) is 2.77. The molecule has 8 heteroatoms. The molecule has 0 aromatic carbocycles. The van der Waals surface area contributed by atoms with E-state index >= 15 is 0 Å². The number of aryl methyl sites for hydroxylation is 1. The maximum absolute atomic E-state index is 12.8. The molecule has 2 heterocycles. The molecule has 126 valence electrons. The number of allylic oxidation sites excluding steroid dienone is 2. The van der Waals surface area contributed by atoms with Crippen molar-refractivity contribution in [1.29, 1.82) is 0 Å². The summed E-state index contributed by atoms with van der Waals surface area (Å²) in [6.07, 6.45) is 2.01. The van der Waals surface area contributed by atoms with Crippen LogP contribution in [0.1, 0.15) is 13.8 Å². The lowest BCUT2D eigenvalue weighted by molar-refractivity contribution is 0.375. The first-order valence-corrected chi connectivity index (χ1v) is 8.17. The molecular formula is C15H22BrN5O2. The molecule has 0 aliphatic heterocycles. The minimum absolute atomic E-state index is 0.301. The molecule has 2 aromatic heterocycles. The number of nitrogens with zero attached hydrogens (tertiary/aromatic N) is 5. The van der Waals surface area contributed by atoms with Gasteiger partial charge in [-0.15, -0.1) is 0 Å². The first-order chi connectivity index (χ1) is 10.7. The number of halogens is 1. The number of hydrogen-bond donors (Lipinski definition) is 0. The molecule has 0 saturated heterocycles. The van der Waals surface area contributed by atoms with Crippen molar-refractivity contribution in [2.24, 2.45) is 7.05 Å². The minimum Gasteiger partial charge on any atom is -0.309 e. The van der Waals surface area contributed by atoms with Gasteiger partial charge in [-0.2, -0.15) is 0 Å². The van der Waals surface area contributed by atoms with Crippen LogP contribution in [0, 0.1) is 0 Å². The Bertz CT molecular complexity index is 869. The predicted molar refractivity (Wildman–Crippen MR) is 94.9 cm³/mol. The quantitative estimate of drug-likeness (QED) is 0.574. The third-order valence-corrected chi connectivity index (χ3v) is 4.24. The molecular weight excluding hydrogens is 362 g/mol. The topological polar surface area (TPSA) is 65.1 Å². The van der Waals surface area contributed by atoms with Crippen molar-refractivity contribution < 1.29 is 0 Å². The van der Waals surface area contributed by atoms with Crippen molar-refractivity contribution in [1.82, 2.24) is 23.6 Å². The second-order valence-electron chi connectivity index (χ2n) is 6.05. The van der Waals surface area contributed by atoms with Gasteiger partial charge < -0.3 is 9.47 Å². The van der Waals surface area contributed by atoms with Gasteiger partial charge in [-0.3, -0.25) is 13.9 Å². The number of aromatic nitrogens is 4. The van der Waals surface area contributed by atoms with Crippen molar-refractivity contribution in [3.63, 3.8) is 0 Å². The van der Waals surface area contributed by atoms with E-state index in [1.165, 1.54) is 9.13 Å². The van der Waals surface area contributed by atoms with Crippen molar-refractivity contribution in [3.05, 3.63) is 37.2 Å². The number of rotatable bonds is 5. The second kappa shape index (κ2) is 6.84. The van der Waals surface area contributed by atoms with Crippen LogP contribution < -0.4 is 11.2 Å². The zero-order valence-electron chi connectivity index (χ0n) is 14.1. The van der Waals surface area contributed by atoms with Crippen molar-refractivity contribution >= 4 is 27.1 Å². The van der Waals surface area contributed by atoms with Crippen molar-refractivity contribution in [2.45, 2.75) is 26.9 Å². The largest absolute Gasteiger partial charge is 0.332 e. The molecule has 23 heavy (non-hydrogen) atoms. The molecule has 0 unspecified atom stereocenters. The summed E-state index contributed by atoms with van der Waals surface area (Å²) in [5.74, 6) is 0. The van der Waals surface area contributed by atoms with Gasteiger partial charge in [0.15, 0.2) is 15.9 Å². The van der Waals surface area contributed by atoms with Crippen LogP contribution >= 0.6 is 15.9 Å². The summed E-state index contributed by atoms with van der Waals surface area (Å²) in [6, 6.07) is 0. The van der Waals surface area contributed by atoms with Crippen LogP contribution in [0.25, 0.3) is 11.2 Å². The van der Waals surface area contributed by atoms with Gasteiger partial charge >= 0.3 is 5.69 Å². The molecule has 0 N–H and O–H groups in total. The van der Waals surface area contributed by atoms with Crippen LogP contribution in [-0.4, -0.2) is 44.2 Å². The molecule has 7 nitrogen and oxygen atoms in total. The van der Waals surface area contributed by atoms with E-state index in [0.717, 1.165) is 5.57 Å². The smallest absolute Gasteiger partial charge is 0.309 e. The summed E-state index contributed by atoms with van der Waals surface area (Å²) >= 11 is 3.39. The fraction of sp³-hybridized carbons (Fsp3) is 0.533. The lowest BCUT2D eigenvalue weighted by atomic mass is 10.3. The Morgan fingerprint density at radius 1 is 1.26 bits per heavy atom. The second-order valence-corrected chi connectivity index (χ2v) is 6.76. The first kappa shape index (κ1) is 17.7. The van der Waals surface area contributed by atoms with E-state index in [4.69, 9.17) is 0 Å². The molecule has 0 radical (unpaired) electrons. The SMILES string of the molecule is CC(C)=CCn1c(Br)nc2c1c(=O)n(CCN(C)C)c(=O)n2C. The summed E-state index contributed by atoms with van der Waals surface area (Å²) in [4.78, 5) is 31.5. The zero-order chi connectivity index (χ0) is 17.3. The summed E-state index contributed by atoms with van der Waals surface area (Å²) in [6.45, 7) is 5.49. The molecule has 0 atom stereocenters. The predicted octanol–water partition coefficient (Wildman–Crippen LogP) is 1.19. The molecule has 2 rings (SSSR count). The van der Waals surface area contributed by atoms with Gasteiger partial charge in [0.1, 0.15) is 0 Å². The van der Waals surface area contributed by atoms with Gasteiger partial charge in [0, 0.05) is 26.7 Å². The van der Waals surface area contributed by atoms with E-state index in [1.807, 2.05) is 38.9 Å². The Morgan fingerprint density at radius 3 is 2.48 bits per heavy atom. The number of likely N-dealkylation sites (N-methyl/N-ethyl adjacent to an activating group) is 1. The lowest BCUT2D eigenvalue weighted by Crippen LogP contribution is -2.41. The first-order valence-electron chi connectivity index (χ1n) is 7.37. The van der Waals surface area contributed by atoms with Crippen LogP contribution in [0.4, 0.5) is 0 Å². The molecule has 2 aromatic rings. The van der Waals surface area contributed by atoms with E-state index in [-0.39, 0.29) is 11.2 Å². The Kier molecular flexibility index (Phi) is 5.26. The maximum Gasteiger partial charge on any atom is 0.332 e. The van der Waals surface area contributed by atoms with Gasteiger partial charge in [-0.25, -0.2) is 9.78 Å². The van der Waals surface area contributed by atoms with E-state index in [1.54, 1.807) is 11.6 Å². The number of imidazole rings is 1. The lowest BCUT2D eigenvalue weighted by Gasteiger charge is -2.12. The van der Waals surface area contributed by atoms with Crippen molar-refractivity contribution in [3.8, 4) is 0 Å². The van der Waals surface area contributed by atoms with E-state index < -0.39 is 0 Å². The highest BCUT2D eigenvalue weighted by molar-refractivity contribution is 9.10. The van der Waals surface area contributed by atoms with Crippen LogP contribution in [0.3, 0.4) is 0 Å². The van der Waals surface area contributed by atoms with Gasteiger partial charge in [-0.1, -0.05) is 11.6 Å². The van der Waals surface area contributed by atoms with E-state index in [9.17, 15) is 9.59 Å².